The summed E-state index contributed by atoms with van der Waals surface area (Å²) < 4.78 is 12.4. The summed E-state index contributed by atoms with van der Waals surface area (Å²) in [5.74, 6) is 1.67. The fourth-order valence-electron chi connectivity index (χ4n) is 2.68. The Morgan fingerprint density at radius 1 is 1.09 bits per heavy atom. The van der Waals surface area contributed by atoms with E-state index in [0.717, 1.165) is 38.1 Å². The average Bonchev–Trinajstić information content (AvgIpc) is 2.53. The van der Waals surface area contributed by atoms with Gasteiger partial charge >= 0.3 is 0 Å². The lowest BCUT2D eigenvalue weighted by Crippen LogP contribution is -1.99. The zero-order valence-corrected chi connectivity index (χ0v) is 15.0. The number of hydrogen-bond donors (Lipinski definition) is 0. The van der Waals surface area contributed by atoms with Crippen molar-refractivity contribution in [1.82, 2.24) is 4.98 Å². The van der Waals surface area contributed by atoms with Gasteiger partial charge in [0.05, 0.1) is 12.6 Å². The largest absolute Gasteiger partial charge is 0.497 e. The lowest BCUT2D eigenvalue weighted by Gasteiger charge is -2.13. The molecule has 1 aromatic heterocycles. The van der Waals surface area contributed by atoms with Crippen LogP contribution in [0.15, 0.2) is 46.9 Å². The molecule has 0 aliphatic carbocycles. The minimum atomic E-state index is 0.463. The maximum absolute atomic E-state index is 6.08. The fraction of sp³-hybridized carbons (Fsp3) is 0.211. The van der Waals surface area contributed by atoms with Crippen LogP contribution in [0, 0.1) is 13.8 Å². The Bertz CT molecular complexity index is 861. The SMILES string of the molecule is COc1ccc(Br)c(COc2cccc3nc(C)cc(C)c23)c1. The predicted octanol–water partition coefficient (Wildman–Crippen LogP) is 5.20. The van der Waals surface area contributed by atoms with Gasteiger partial charge in [0.25, 0.3) is 0 Å². The van der Waals surface area contributed by atoms with Crippen LogP contribution in [0.25, 0.3) is 10.9 Å². The van der Waals surface area contributed by atoms with Crippen molar-refractivity contribution in [2.45, 2.75) is 20.5 Å². The third kappa shape index (κ3) is 3.32. The molecule has 3 aromatic rings. The van der Waals surface area contributed by atoms with Crippen molar-refractivity contribution in [1.29, 1.82) is 0 Å². The van der Waals surface area contributed by atoms with Gasteiger partial charge in [-0.2, -0.15) is 0 Å². The quantitative estimate of drug-likeness (QED) is 0.631. The van der Waals surface area contributed by atoms with Gasteiger partial charge in [0, 0.05) is 21.1 Å². The van der Waals surface area contributed by atoms with Gasteiger partial charge in [-0.15, -0.1) is 0 Å². The highest BCUT2D eigenvalue weighted by Crippen LogP contribution is 2.30. The molecule has 0 atom stereocenters. The van der Waals surface area contributed by atoms with Crippen molar-refractivity contribution in [3.05, 3.63) is 63.8 Å². The first kappa shape index (κ1) is 15.8. The Morgan fingerprint density at radius 2 is 1.91 bits per heavy atom. The molecule has 0 saturated carbocycles. The van der Waals surface area contributed by atoms with Gasteiger partial charge < -0.3 is 9.47 Å². The lowest BCUT2D eigenvalue weighted by atomic mass is 10.1. The monoisotopic (exact) mass is 371 g/mol. The van der Waals surface area contributed by atoms with Gasteiger partial charge in [-0.3, -0.25) is 4.98 Å². The molecule has 0 N–H and O–H groups in total. The molecule has 4 heteroatoms. The van der Waals surface area contributed by atoms with E-state index in [1.165, 1.54) is 5.56 Å². The summed E-state index contributed by atoms with van der Waals surface area (Å²) in [4.78, 5) is 4.59. The summed E-state index contributed by atoms with van der Waals surface area (Å²) in [5.41, 5.74) is 4.19. The smallest absolute Gasteiger partial charge is 0.129 e. The summed E-state index contributed by atoms with van der Waals surface area (Å²) in [7, 11) is 1.66. The summed E-state index contributed by atoms with van der Waals surface area (Å²) in [5, 5.41) is 1.07. The van der Waals surface area contributed by atoms with Crippen molar-refractivity contribution in [3.8, 4) is 11.5 Å². The summed E-state index contributed by atoms with van der Waals surface area (Å²) in [6.07, 6.45) is 0. The molecule has 1 heterocycles. The predicted molar refractivity (Wildman–Crippen MR) is 96.2 cm³/mol. The standard InChI is InChI=1S/C19H18BrNO2/c1-12-9-13(2)21-17-5-4-6-18(19(12)17)23-11-14-10-15(22-3)7-8-16(14)20/h4-10H,11H2,1-3H3. The van der Waals surface area contributed by atoms with Crippen LogP contribution in [0.1, 0.15) is 16.8 Å². The molecule has 2 aromatic carbocycles. The van der Waals surface area contributed by atoms with Crippen molar-refractivity contribution in [2.75, 3.05) is 7.11 Å². The number of aryl methyl sites for hydroxylation is 2. The molecule has 0 bridgehead atoms. The Morgan fingerprint density at radius 3 is 2.70 bits per heavy atom. The van der Waals surface area contributed by atoms with E-state index in [9.17, 15) is 0 Å². The van der Waals surface area contributed by atoms with E-state index in [2.05, 4.69) is 33.9 Å². The number of fused-ring (bicyclic) bond motifs is 1. The van der Waals surface area contributed by atoms with E-state index in [1.54, 1.807) is 7.11 Å². The summed E-state index contributed by atoms with van der Waals surface area (Å²) in [6, 6.07) is 13.9. The first-order valence-electron chi connectivity index (χ1n) is 7.40. The van der Waals surface area contributed by atoms with Gasteiger partial charge in [-0.05, 0) is 55.8 Å². The molecular weight excluding hydrogens is 354 g/mol. The van der Waals surface area contributed by atoms with Crippen LogP contribution in [0.3, 0.4) is 0 Å². The van der Waals surface area contributed by atoms with Gasteiger partial charge in [0.1, 0.15) is 18.1 Å². The third-order valence-corrected chi connectivity index (χ3v) is 4.53. The maximum atomic E-state index is 6.08. The topological polar surface area (TPSA) is 31.4 Å². The third-order valence-electron chi connectivity index (χ3n) is 3.76. The molecule has 3 nitrogen and oxygen atoms in total. The highest BCUT2D eigenvalue weighted by Gasteiger charge is 2.09. The molecule has 0 fully saturated rings. The van der Waals surface area contributed by atoms with Crippen LogP contribution in [0.5, 0.6) is 11.5 Å². The van der Waals surface area contributed by atoms with E-state index in [1.807, 2.05) is 43.3 Å². The minimum absolute atomic E-state index is 0.463. The first-order chi connectivity index (χ1) is 11.1. The van der Waals surface area contributed by atoms with Gasteiger partial charge in [-0.1, -0.05) is 22.0 Å². The molecular formula is C19H18BrNO2. The van der Waals surface area contributed by atoms with Crippen molar-refractivity contribution < 1.29 is 9.47 Å². The molecule has 3 rings (SSSR count). The maximum Gasteiger partial charge on any atom is 0.129 e. The summed E-state index contributed by atoms with van der Waals surface area (Å²) >= 11 is 3.56. The van der Waals surface area contributed by atoms with E-state index >= 15 is 0 Å². The van der Waals surface area contributed by atoms with Gasteiger partial charge in [-0.25, -0.2) is 0 Å². The van der Waals surface area contributed by atoms with Gasteiger partial charge in [0.2, 0.25) is 0 Å². The molecule has 0 amide bonds. The van der Waals surface area contributed by atoms with Crippen molar-refractivity contribution in [2.24, 2.45) is 0 Å². The van der Waals surface area contributed by atoms with E-state index in [-0.39, 0.29) is 0 Å². The zero-order chi connectivity index (χ0) is 16.4. The molecule has 0 aliphatic rings. The molecule has 23 heavy (non-hydrogen) atoms. The van der Waals surface area contributed by atoms with E-state index in [0.29, 0.717) is 6.61 Å². The first-order valence-corrected chi connectivity index (χ1v) is 8.20. The number of methoxy groups -OCH3 is 1. The molecule has 0 spiro atoms. The van der Waals surface area contributed by atoms with E-state index in [4.69, 9.17) is 9.47 Å². The second-order valence-corrected chi connectivity index (χ2v) is 6.33. The van der Waals surface area contributed by atoms with Crippen LogP contribution in [0.2, 0.25) is 0 Å². The number of rotatable bonds is 4. The second kappa shape index (κ2) is 6.59. The Hall–Kier alpha value is -2.07. The zero-order valence-electron chi connectivity index (χ0n) is 13.4. The number of benzene rings is 2. The van der Waals surface area contributed by atoms with Crippen molar-refractivity contribution in [3.63, 3.8) is 0 Å². The molecule has 0 unspecified atom stereocenters. The van der Waals surface area contributed by atoms with Crippen LogP contribution in [0.4, 0.5) is 0 Å². The molecule has 0 radical (unpaired) electrons. The minimum Gasteiger partial charge on any atom is -0.497 e. The number of ether oxygens (including phenoxy) is 2. The molecule has 0 aliphatic heterocycles. The second-order valence-electron chi connectivity index (χ2n) is 5.48. The number of pyridine rings is 1. The van der Waals surface area contributed by atoms with Gasteiger partial charge in [0.15, 0.2) is 0 Å². The average molecular weight is 372 g/mol. The Balaban J connectivity index is 1.94. The highest BCUT2D eigenvalue weighted by molar-refractivity contribution is 9.10. The van der Waals surface area contributed by atoms with Crippen LogP contribution < -0.4 is 9.47 Å². The van der Waals surface area contributed by atoms with Crippen molar-refractivity contribution >= 4 is 26.8 Å². The Labute approximate surface area is 144 Å². The molecule has 118 valence electrons. The number of aromatic nitrogens is 1. The number of hydrogen-bond acceptors (Lipinski definition) is 3. The number of halogens is 1. The fourth-order valence-corrected chi connectivity index (χ4v) is 3.04. The van der Waals surface area contributed by atoms with Crippen LogP contribution in [-0.2, 0) is 6.61 Å². The normalized spacial score (nSPS) is 10.8. The highest BCUT2D eigenvalue weighted by atomic mass is 79.9. The molecule has 0 saturated heterocycles. The Kier molecular flexibility index (Phi) is 4.53. The van der Waals surface area contributed by atoms with Crippen LogP contribution >= 0.6 is 15.9 Å². The van der Waals surface area contributed by atoms with E-state index < -0.39 is 0 Å². The number of nitrogens with zero attached hydrogens (tertiary/aromatic N) is 1. The lowest BCUT2D eigenvalue weighted by molar-refractivity contribution is 0.308. The summed E-state index contributed by atoms with van der Waals surface area (Å²) in [6.45, 7) is 4.56. The van der Waals surface area contributed by atoms with Crippen LogP contribution in [-0.4, -0.2) is 12.1 Å².